The summed E-state index contributed by atoms with van der Waals surface area (Å²) in [5.41, 5.74) is 1.03. The van der Waals surface area contributed by atoms with Gasteiger partial charge in [0.25, 0.3) is 6.29 Å². The summed E-state index contributed by atoms with van der Waals surface area (Å²) < 4.78 is 18.0. The lowest BCUT2D eigenvalue weighted by atomic mass is 10.0. The van der Waals surface area contributed by atoms with Crippen LogP contribution < -0.4 is 5.32 Å². The Balaban J connectivity index is 2.20. The van der Waals surface area contributed by atoms with Gasteiger partial charge in [0.2, 0.25) is 0 Å². The van der Waals surface area contributed by atoms with Gasteiger partial charge in [-0.2, -0.15) is 0 Å². The molecule has 200 valence electrons. The molecule has 1 heterocycles. The van der Waals surface area contributed by atoms with Crippen molar-refractivity contribution < 1.29 is 28.6 Å². The molecule has 1 aromatic heterocycles. The second-order valence-corrected chi connectivity index (χ2v) is 10.9. The predicted molar refractivity (Wildman–Crippen MR) is 139 cm³/mol. The largest absolute Gasteiger partial charge is 0.444 e. The molecule has 0 aliphatic heterocycles. The van der Waals surface area contributed by atoms with E-state index < -0.39 is 36.1 Å². The van der Waals surface area contributed by atoms with E-state index in [1.165, 1.54) is 4.57 Å². The summed E-state index contributed by atoms with van der Waals surface area (Å²) in [6.45, 7) is 13.2. The highest BCUT2D eigenvalue weighted by atomic mass is 16.7. The SMILES string of the molecule is CC(C)C(OC(=O)[C@@H](NC(=O)OC(C)(C)C)C(C)C)OC(=O)n1cc(CCN(C)C)c2ccccc21. The minimum absolute atomic E-state index is 0.277. The van der Waals surface area contributed by atoms with Gasteiger partial charge in [-0.1, -0.05) is 45.9 Å². The van der Waals surface area contributed by atoms with E-state index in [2.05, 4.69) is 10.2 Å². The summed E-state index contributed by atoms with van der Waals surface area (Å²) in [4.78, 5) is 40.5. The molecule has 0 bridgehead atoms. The topological polar surface area (TPSA) is 99.1 Å². The van der Waals surface area contributed by atoms with Gasteiger partial charge >= 0.3 is 18.2 Å². The minimum atomic E-state index is -1.14. The molecule has 0 saturated carbocycles. The molecule has 0 saturated heterocycles. The fourth-order valence-electron chi connectivity index (χ4n) is 3.52. The van der Waals surface area contributed by atoms with Crippen molar-refractivity contribution in [3.05, 3.63) is 36.0 Å². The van der Waals surface area contributed by atoms with Crippen molar-refractivity contribution >= 4 is 29.1 Å². The number of para-hydroxylation sites is 1. The fourth-order valence-corrected chi connectivity index (χ4v) is 3.52. The second kappa shape index (κ2) is 12.3. The van der Waals surface area contributed by atoms with Crippen LogP contribution in [-0.2, 0) is 25.4 Å². The van der Waals surface area contributed by atoms with Crippen LogP contribution in [0.25, 0.3) is 10.9 Å². The van der Waals surface area contributed by atoms with Crippen molar-refractivity contribution in [1.82, 2.24) is 14.8 Å². The lowest BCUT2D eigenvalue weighted by Crippen LogP contribution is -2.48. The Hall–Kier alpha value is -3.07. The van der Waals surface area contributed by atoms with Gasteiger partial charge in [0, 0.05) is 24.0 Å². The molecule has 36 heavy (non-hydrogen) atoms. The average molecular weight is 504 g/mol. The molecule has 0 aliphatic carbocycles. The van der Waals surface area contributed by atoms with Gasteiger partial charge in [0.15, 0.2) is 0 Å². The minimum Gasteiger partial charge on any atom is -0.444 e. The van der Waals surface area contributed by atoms with Crippen LogP contribution in [0.4, 0.5) is 9.59 Å². The summed E-state index contributed by atoms with van der Waals surface area (Å²) in [6, 6.07) is 6.65. The van der Waals surface area contributed by atoms with E-state index >= 15 is 0 Å². The van der Waals surface area contributed by atoms with Crippen LogP contribution in [0.3, 0.4) is 0 Å². The Labute approximate surface area is 214 Å². The van der Waals surface area contributed by atoms with Crippen LogP contribution in [0.2, 0.25) is 0 Å². The Morgan fingerprint density at radius 2 is 1.64 bits per heavy atom. The van der Waals surface area contributed by atoms with Gasteiger partial charge in [0.05, 0.1) is 5.52 Å². The van der Waals surface area contributed by atoms with Crippen molar-refractivity contribution in [3.63, 3.8) is 0 Å². The van der Waals surface area contributed by atoms with Crippen LogP contribution in [0, 0.1) is 11.8 Å². The maximum atomic E-state index is 13.2. The third kappa shape index (κ3) is 8.26. The molecule has 1 N–H and O–H groups in total. The Bertz CT molecular complexity index is 1050. The smallest absolute Gasteiger partial charge is 0.421 e. The molecule has 0 spiro atoms. The third-order valence-electron chi connectivity index (χ3n) is 5.41. The van der Waals surface area contributed by atoms with Crippen molar-refractivity contribution in [2.24, 2.45) is 11.8 Å². The molecule has 9 nitrogen and oxygen atoms in total. The molecule has 1 aromatic carbocycles. The molecular weight excluding hydrogens is 462 g/mol. The van der Waals surface area contributed by atoms with Crippen molar-refractivity contribution in [1.29, 1.82) is 0 Å². The second-order valence-electron chi connectivity index (χ2n) is 10.9. The average Bonchev–Trinajstić information content (AvgIpc) is 3.12. The predicted octanol–water partition coefficient (Wildman–Crippen LogP) is 4.80. The van der Waals surface area contributed by atoms with E-state index in [1.54, 1.807) is 54.7 Å². The van der Waals surface area contributed by atoms with Gasteiger partial charge in [-0.25, -0.2) is 14.4 Å². The normalized spacial score (nSPS) is 13.7. The number of aromatic nitrogens is 1. The monoisotopic (exact) mass is 503 g/mol. The van der Waals surface area contributed by atoms with Crippen LogP contribution in [-0.4, -0.2) is 66.2 Å². The fraction of sp³-hybridized carbons (Fsp3) is 0.593. The zero-order valence-corrected chi connectivity index (χ0v) is 23.0. The molecule has 0 fully saturated rings. The number of likely N-dealkylation sites (N-methyl/N-ethyl adjacent to an activating group) is 1. The van der Waals surface area contributed by atoms with Gasteiger partial charge < -0.3 is 24.4 Å². The summed E-state index contributed by atoms with van der Waals surface area (Å²) in [6.07, 6.45) is 0.0350. The lowest BCUT2D eigenvalue weighted by Gasteiger charge is -2.27. The lowest BCUT2D eigenvalue weighted by molar-refractivity contribution is -0.178. The van der Waals surface area contributed by atoms with Gasteiger partial charge in [-0.15, -0.1) is 0 Å². The van der Waals surface area contributed by atoms with E-state index in [0.717, 1.165) is 29.4 Å². The number of fused-ring (bicyclic) bond motifs is 1. The quantitative estimate of drug-likeness (QED) is 0.387. The number of alkyl carbamates (subject to hydrolysis) is 1. The molecule has 1 amide bonds. The van der Waals surface area contributed by atoms with E-state index in [0.29, 0.717) is 0 Å². The highest BCUT2D eigenvalue weighted by Crippen LogP contribution is 2.23. The number of amides is 1. The summed E-state index contributed by atoms with van der Waals surface area (Å²) >= 11 is 0. The highest BCUT2D eigenvalue weighted by molar-refractivity contribution is 5.92. The van der Waals surface area contributed by atoms with E-state index in [4.69, 9.17) is 14.2 Å². The van der Waals surface area contributed by atoms with Crippen molar-refractivity contribution in [3.8, 4) is 0 Å². The molecule has 0 aliphatic rings. The summed E-state index contributed by atoms with van der Waals surface area (Å²) in [5, 5.41) is 3.54. The number of benzene rings is 1. The number of rotatable bonds is 9. The molecule has 1 unspecified atom stereocenters. The number of carbonyl (C=O) groups excluding carboxylic acids is 3. The van der Waals surface area contributed by atoms with Crippen LogP contribution in [0.15, 0.2) is 30.5 Å². The van der Waals surface area contributed by atoms with Crippen molar-refractivity contribution in [2.75, 3.05) is 20.6 Å². The van der Waals surface area contributed by atoms with Crippen LogP contribution in [0.1, 0.15) is 54.0 Å². The van der Waals surface area contributed by atoms with E-state index in [9.17, 15) is 14.4 Å². The number of ether oxygens (including phenoxy) is 3. The molecule has 2 rings (SSSR count). The maximum absolute atomic E-state index is 13.2. The third-order valence-corrected chi connectivity index (χ3v) is 5.41. The molecule has 2 aromatic rings. The number of esters is 1. The van der Waals surface area contributed by atoms with Gasteiger partial charge in [-0.3, -0.25) is 4.57 Å². The Morgan fingerprint density at radius 3 is 2.19 bits per heavy atom. The van der Waals surface area contributed by atoms with Crippen LogP contribution in [0.5, 0.6) is 0 Å². The first kappa shape index (κ1) is 29.2. The number of carbonyl (C=O) groups is 3. The Morgan fingerprint density at radius 1 is 1.00 bits per heavy atom. The Kier molecular flexibility index (Phi) is 9.93. The molecule has 0 radical (unpaired) electrons. The van der Waals surface area contributed by atoms with Gasteiger partial charge in [-0.05, 0) is 58.8 Å². The molecule has 9 heteroatoms. The first-order valence-electron chi connectivity index (χ1n) is 12.3. The highest BCUT2D eigenvalue weighted by Gasteiger charge is 2.32. The number of hydrogen-bond acceptors (Lipinski definition) is 7. The van der Waals surface area contributed by atoms with Crippen LogP contribution >= 0.6 is 0 Å². The first-order chi connectivity index (χ1) is 16.7. The zero-order chi connectivity index (χ0) is 27.2. The van der Waals surface area contributed by atoms with E-state index in [1.807, 2.05) is 38.4 Å². The summed E-state index contributed by atoms with van der Waals surface area (Å²) in [7, 11) is 3.99. The number of nitrogens with zero attached hydrogens (tertiary/aromatic N) is 2. The number of hydrogen-bond donors (Lipinski definition) is 1. The maximum Gasteiger partial charge on any atom is 0.421 e. The standard InChI is InChI=1S/C27H41N3O6/c1-17(2)22(28-25(32)36-27(5,6)7)23(31)34-24(18(3)4)35-26(33)30-16-19(14-15-29(8)9)20-12-10-11-13-21(20)30/h10-13,16-18,22,24H,14-15H2,1-9H3,(H,28,32)/t22-,24?/m0/s1. The van der Waals surface area contributed by atoms with Crippen molar-refractivity contribution in [2.45, 2.75) is 72.8 Å². The molecule has 2 atom stereocenters. The van der Waals surface area contributed by atoms with Gasteiger partial charge in [0.1, 0.15) is 11.6 Å². The number of nitrogens with one attached hydrogen (secondary N) is 1. The van der Waals surface area contributed by atoms with E-state index in [-0.39, 0.29) is 11.8 Å². The first-order valence-corrected chi connectivity index (χ1v) is 12.3. The summed E-state index contributed by atoms with van der Waals surface area (Å²) in [5.74, 6) is -1.30. The molecular formula is C27H41N3O6. The zero-order valence-electron chi connectivity index (χ0n) is 23.0.